The van der Waals surface area contributed by atoms with Gasteiger partial charge in [0.1, 0.15) is 11.4 Å². The number of ketones is 1. The van der Waals surface area contributed by atoms with E-state index in [2.05, 4.69) is 20.9 Å². The van der Waals surface area contributed by atoms with Crippen LogP contribution in [0.4, 0.5) is 0 Å². The smallest absolute Gasteiger partial charge is 0.211 e. The largest absolute Gasteiger partial charge is 0.496 e. The zero-order valence-electron chi connectivity index (χ0n) is 15.3. The Morgan fingerprint density at radius 3 is 2.04 bits per heavy atom. The molecule has 3 rings (SSSR count). The van der Waals surface area contributed by atoms with Crippen molar-refractivity contribution in [3.05, 3.63) is 52.1 Å². The van der Waals surface area contributed by atoms with Gasteiger partial charge < -0.3 is 18.9 Å². The van der Waals surface area contributed by atoms with Crippen LogP contribution in [0.5, 0.6) is 23.0 Å². The number of carbonyl (C=O) groups excluding carboxylic acids is 1. The van der Waals surface area contributed by atoms with Gasteiger partial charge in [-0.05, 0) is 52.3 Å². The average Bonchev–Trinajstić information content (AvgIpc) is 2.72. The number of rotatable bonds is 6. The average molecular weight is 432 g/mol. The van der Waals surface area contributed by atoms with E-state index in [0.29, 0.717) is 39.8 Å². The fraction of sp³-hybridized carbons (Fsp3) is 0.200. The second-order valence-electron chi connectivity index (χ2n) is 5.59. The Labute approximate surface area is 165 Å². The highest BCUT2D eigenvalue weighted by molar-refractivity contribution is 9.10. The molecule has 0 saturated heterocycles. The fourth-order valence-corrected chi connectivity index (χ4v) is 3.42. The third kappa shape index (κ3) is 3.42. The Morgan fingerprint density at radius 2 is 1.48 bits per heavy atom. The Balaban J connectivity index is 2.08. The predicted molar refractivity (Wildman–Crippen MR) is 106 cm³/mol. The molecule has 0 spiro atoms. The van der Waals surface area contributed by atoms with E-state index in [0.717, 1.165) is 9.86 Å². The Morgan fingerprint density at radius 1 is 0.852 bits per heavy atom. The van der Waals surface area contributed by atoms with E-state index in [1.165, 1.54) is 21.3 Å². The topological polar surface area (TPSA) is 66.9 Å². The van der Waals surface area contributed by atoms with Gasteiger partial charge in [0.05, 0.1) is 38.4 Å². The van der Waals surface area contributed by atoms with Gasteiger partial charge in [-0.1, -0.05) is 0 Å². The van der Waals surface area contributed by atoms with E-state index in [-0.39, 0.29) is 5.78 Å². The van der Waals surface area contributed by atoms with Crippen molar-refractivity contribution in [1.82, 2.24) is 4.98 Å². The number of pyridine rings is 1. The Bertz CT molecular complexity index is 994. The first-order chi connectivity index (χ1) is 13.0. The SMILES string of the molecule is COc1cc(C(=O)c2ccc3c(Br)c(OC)ccc3n2)cc(OC)c1OC. The van der Waals surface area contributed by atoms with Gasteiger partial charge in [-0.25, -0.2) is 4.98 Å². The van der Waals surface area contributed by atoms with Crippen molar-refractivity contribution < 1.29 is 23.7 Å². The number of fused-ring (bicyclic) bond motifs is 1. The molecule has 0 aliphatic carbocycles. The molecule has 0 fully saturated rings. The second kappa shape index (κ2) is 7.84. The van der Waals surface area contributed by atoms with Crippen LogP contribution in [-0.4, -0.2) is 39.2 Å². The monoisotopic (exact) mass is 431 g/mol. The number of aromatic nitrogens is 1. The highest BCUT2D eigenvalue weighted by Gasteiger charge is 2.19. The highest BCUT2D eigenvalue weighted by atomic mass is 79.9. The van der Waals surface area contributed by atoms with Crippen molar-refractivity contribution in [3.8, 4) is 23.0 Å². The summed E-state index contributed by atoms with van der Waals surface area (Å²) in [5, 5.41) is 0.857. The molecule has 2 aromatic carbocycles. The molecule has 0 aliphatic heterocycles. The van der Waals surface area contributed by atoms with E-state index in [4.69, 9.17) is 18.9 Å². The third-order valence-corrected chi connectivity index (χ3v) is 4.97. The highest BCUT2D eigenvalue weighted by Crippen LogP contribution is 2.39. The molecule has 140 valence electrons. The summed E-state index contributed by atoms with van der Waals surface area (Å²) in [4.78, 5) is 17.5. The van der Waals surface area contributed by atoms with Gasteiger partial charge in [-0.2, -0.15) is 0 Å². The summed E-state index contributed by atoms with van der Waals surface area (Å²) in [5.41, 5.74) is 1.39. The first kappa shape index (κ1) is 19.0. The maximum Gasteiger partial charge on any atom is 0.211 e. The number of methoxy groups -OCH3 is 4. The van der Waals surface area contributed by atoms with Crippen LogP contribution in [-0.2, 0) is 0 Å². The molecule has 0 bridgehead atoms. The lowest BCUT2D eigenvalue weighted by atomic mass is 10.1. The summed E-state index contributed by atoms with van der Waals surface area (Å²) in [5.74, 6) is 1.71. The van der Waals surface area contributed by atoms with Crippen molar-refractivity contribution in [2.45, 2.75) is 0 Å². The van der Waals surface area contributed by atoms with Gasteiger partial charge in [0.2, 0.25) is 11.5 Å². The molecule has 3 aromatic rings. The van der Waals surface area contributed by atoms with Gasteiger partial charge in [-0.3, -0.25) is 4.79 Å². The molecule has 1 aromatic heterocycles. The minimum atomic E-state index is -0.247. The number of benzene rings is 2. The van der Waals surface area contributed by atoms with Crippen LogP contribution in [0.2, 0.25) is 0 Å². The number of hydrogen-bond donors (Lipinski definition) is 0. The number of nitrogens with zero attached hydrogens (tertiary/aromatic N) is 1. The van der Waals surface area contributed by atoms with Gasteiger partial charge >= 0.3 is 0 Å². The van der Waals surface area contributed by atoms with Crippen molar-refractivity contribution in [2.24, 2.45) is 0 Å². The first-order valence-corrected chi connectivity index (χ1v) is 8.81. The van der Waals surface area contributed by atoms with Crippen LogP contribution >= 0.6 is 15.9 Å². The zero-order chi connectivity index (χ0) is 19.6. The molecule has 0 amide bonds. The lowest BCUT2D eigenvalue weighted by Gasteiger charge is -2.13. The van der Waals surface area contributed by atoms with Gasteiger partial charge in [0.15, 0.2) is 11.5 Å². The molecular weight excluding hydrogens is 414 g/mol. The predicted octanol–water partition coefficient (Wildman–Crippen LogP) is 4.26. The maximum atomic E-state index is 13.0. The van der Waals surface area contributed by atoms with Gasteiger partial charge in [-0.15, -0.1) is 0 Å². The number of ether oxygens (including phenoxy) is 4. The van der Waals surface area contributed by atoms with E-state index < -0.39 is 0 Å². The summed E-state index contributed by atoms with van der Waals surface area (Å²) in [6, 6.07) is 10.3. The zero-order valence-corrected chi connectivity index (χ0v) is 16.9. The molecule has 0 atom stereocenters. The molecule has 27 heavy (non-hydrogen) atoms. The van der Waals surface area contributed by atoms with E-state index >= 15 is 0 Å². The van der Waals surface area contributed by atoms with Crippen molar-refractivity contribution in [3.63, 3.8) is 0 Å². The van der Waals surface area contributed by atoms with E-state index in [9.17, 15) is 4.79 Å². The summed E-state index contributed by atoms with van der Waals surface area (Å²) >= 11 is 3.51. The molecule has 0 unspecified atom stereocenters. The molecule has 0 aliphatic rings. The van der Waals surface area contributed by atoms with E-state index in [1.807, 2.05) is 12.1 Å². The number of carbonyl (C=O) groups is 1. The van der Waals surface area contributed by atoms with Crippen LogP contribution in [0.3, 0.4) is 0 Å². The molecule has 1 heterocycles. The van der Waals surface area contributed by atoms with Crippen LogP contribution in [0.1, 0.15) is 16.1 Å². The minimum Gasteiger partial charge on any atom is -0.496 e. The summed E-state index contributed by atoms with van der Waals surface area (Å²) in [7, 11) is 6.12. The standard InChI is InChI=1S/C20H18BrNO5/c1-24-15-8-7-13-12(18(15)21)5-6-14(22-13)19(23)11-9-16(25-2)20(27-4)17(10-11)26-3/h5-10H,1-4H3. The quantitative estimate of drug-likeness (QED) is 0.543. The van der Waals surface area contributed by atoms with Crippen molar-refractivity contribution in [1.29, 1.82) is 0 Å². The fourth-order valence-electron chi connectivity index (χ4n) is 2.79. The number of hydrogen-bond acceptors (Lipinski definition) is 6. The lowest BCUT2D eigenvalue weighted by Crippen LogP contribution is -2.06. The molecule has 7 heteroatoms. The summed E-state index contributed by atoms with van der Waals surface area (Å²) in [6.45, 7) is 0. The van der Waals surface area contributed by atoms with Crippen LogP contribution < -0.4 is 18.9 Å². The number of halogens is 1. The Hall–Kier alpha value is -2.80. The second-order valence-corrected chi connectivity index (χ2v) is 6.38. The molecular formula is C20H18BrNO5. The lowest BCUT2D eigenvalue weighted by molar-refractivity contribution is 0.103. The van der Waals surface area contributed by atoms with E-state index in [1.54, 1.807) is 31.4 Å². The molecule has 6 nitrogen and oxygen atoms in total. The van der Waals surface area contributed by atoms with Crippen molar-refractivity contribution >= 4 is 32.6 Å². The van der Waals surface area contributed by atoms with Gasteiger partial charge in [0.25, 0.3) is 0 Å². The minimum absolute atomic E-state index is 0.247. The third-order valence-electron chi connectivity index (χ3n) is 4.15. The molecule has 0 N–H and O–H groups in total. The van der Waals surface area contributed by atoms with Crippen molar-refractivity contribution in [2.75, 3.05) is 28.4 Å². The van der Waals surface area contributed by atoms with Gasteiger partial charge in [0, 0.05) is 10.9 Å². The van der Waals surface area contributed by atoms with Crippen LogP contribution in [0, 0.1) is 0 Å². The maximum absolute atomic E-state index is 13.0. The normalized spacial score (nSPS) is 10.6. The molecule has 0 saturated carbocycles. The summed E-state index contributed by atoms with van der Waals surface area (Å²) in [6.07, 6.45) is 0. The van der Waals surface area contributed by atoms with Crippen LogP contribution in [0.15, 0.2) is 40.9 Å². The van der Waals surface area contributed by atoms with Crippen LogP contribution in [0.25, 0.3) is 10.9 Å². The first-order valence-electron chi connectivity index (χ1n) is 8.02. The Kier molecular flexibility index (Phi) is 5.51. The molecule has 0 radical (unpaired) electrons. The summed E-state index contributed by atoms with van der Waals surface area (Å²) < 4.78 is 22.0.